The third-order valence-electron chi connectivity index (χ3n) is 1.09. The van der Waals surface area contributed by atoms with E-state index in [4.69, 9.17) is 0 Å². The SMILES string of the molecule is Cc1ccc(N[C-]=O)nc1. The molecular formula is C7H7N2O-. The number of hydrogen-bond donors (Lipinski definition) is 1. The molecule has 52 valence electrons. The summed E-state index contributed by atoms with van der Waals surface area (Å²) in [5.74, 6) is 0.528. The van der Waals surface area contributed by atoms with Crippen LogP contribution in [0.2, 0.25) is 0 Å². The summed E-state index contributed by atoms with van der Waals surface area (Å²) < 4.78 is 0. The number of rotatable bonds is 2. The number of aromatic nitrogens is 1. The van der Waals surface area contributed by atoms with Gasteiger partial charge >= 0.3 is 0 Å². The molecule has 10 heavy (non-hydrogen) atoms. The van der Waals surface area contributed by atoms with Crippen molar-refractivity contribution in [2.75, 3.05) is 5.32 Å². The van der Waals surface area contributed by atoms with Crippen LogP contribution in [-0.4, -0.2) is 11.4 Å². The van der Waals surface area contributed by atoms with Crippen molar-refractivity contribution in [3.63, 3.8) is 0 Å². The summed E-state index contributed by atoms with van der Waals surface area (Å²) in [4.78, 5) is 13.7. The maximum atomic E-state index is 9.78. The largest absolute Gasteiger partial charge is 0.475 e. The predicted molar refractivity (Wildman–Crippen MR) is 38.3 cm³/mol. The molecule has 0 aliphatic heterocycles. The molecule has 0 atom stereocenters. The summed E-state index contributed by atoms with van der Waals surface area (Å²) in [6, 6.07) is 3.59. The first-order chi connectivity index (χ1) is 4.83. The Balaban J connectivity index is 2.78. The molecule has 3 nitrogen and oxygen atoms in total. The van der Waals surface area contributed by atoms with Crippen molar-refractivity contribution in [2.45, 2.75) is 6.92 Å². The molecule has 1 heterocycles. The van der Waals surface area contributed by atoms with E-state index in [0.717, 1.165) is 5.56 Å². The fraction of sp³-hybridized carbons (Fsp3) is 0.143. The second kappa shape index (κ2) is 2.96. The van der Waals surface area contributed by atoms with Crippen LogP contribution in [0.4, 0.5) is 5.82 Å². The Kier molecular flexibility index (Phi) is 1.99. The van der Waals surface area contributed by atoms with Crippen LogP contribution in [0, 0.1) is 6.92 Å². The van der Waals surface area contributed by atoms with Gasteiger partial charge in [-0.2, -0.15) is 0 Å². The number of pyridine rings is 1. The molecule has 3 heteroatoms. The van der Waals surface area contributed by atoms with Crippen molar-refractivity contribution in [2.24, 2.45) is 0 Å². The lowest BCUT2D eigenvalue weighted by atomic mass is 10.3. The van der Waals surface area contributed by atoms with Crippen LogP contribution in [0.15, 0.2) is 18.3 Å². The molecule has 1 N–H and O–H groups in total. The average molecular weight is 135 g/mol. The average Bonchev–Trinajstić information content (AvgIpc) is 1.95. The highest BCUT2D eigenvalue weighted by Crippen LogP contribution is 2.01. The number of amides is 1. The lowest BCUT2D eigenvalue weighted by Gasteiger charge is -2.05. The van der Waals surface area contributed by atoms with Crippen LogP contribution in [0.1, 0.15) is 5.56 Å². The predicted octanol–water partition coefficient (Wildman–Crippen LogP) is 0.869. The van der Waals surface area contributed by atoms with Gasteiger partial charge in [-0.05, 0) is 18.3 Å². The zero-order chi connectivity index (χ0) is 7.40. The second-order valence-corrected chi connectivity index (χ2v) is 1.95. The minimum absolute atomic E-state index is 0.528. The van der Waals surface area contributed by atoms with Gasteiger partial charge in [-0.3, -0.25) is 0 Å². The van der Waals surface area contributed by atoms with Crippen LogP contribution in [0.25, 0.3) is 0 Å². The first-order valence-corrected chi connectivity index (χ1v) is 2.89. The molecule has 0 unspecified atom stereocenters. The van der Waals surface area contributed by atoms with E-state index in [1.807, 2.05) is 13.0 Å². The molecule has 0 aliphatic rings. The maximum absolute atomic E-state index is 9.78. The zero-order valence-corrected chi connectivity index (χ0v) is 5.59. The number of nitrogens with zero attached hydrogens (tertiary/aromatic N) is 1. The van der Waals surface area contributed by atoms with E-state index < -0.39 is 0 Å². The van der Waals surface area contributed by atoms with Gasteiger partial charge < -0.3 is 15.1 Å². The fourth-order valence-electron chi connectivity index (χ4n) is 0.594. The highest BCUT2D eigenvalue weighted by atomic mass is 16.1. The van der Waals surface area contributed by atoms with Gasteiger partial charge in [0.05, 0.1) is 6.41 Å². The van der Waals surface area contributed by atoms with Crippen molar-refractivity contribution in [3.8, 4) is 0 Å². The van der Waals surface area contributed by atoms with E-state index in [1.165, 1.54) is 0 Å². The molecule has 0 aliphatic carbocycles. The molecule has 0 radical (unpaired) electrons. The number of nitrogens with one attached hydrogen (secondary N) is 1. The first-order valence-electron chi connectivity index (χ1n) is 2.89. The molecule has 0 spiro atoms. The number of aryl methyl sites for hydroxylation is 1. The van der Waals surface area contributed by atoms with Crippen LogP contribution in [-0.2, 0) is 4.79 Å². The standard InChI is InChI=1S/C7H7N2O/c1-6-2-3-7(8-4-6)9-5-10/h2-4H,1H3,(H,8,9,10)/q-1. The number of anilines is 1. The molecule has 0 bridgehead atoms. The van der Waals surface area contributed by atoms with E-state index in [-0.39, 0.29) is 0 Å². The van der Waals surface area contributed by atoms with Gasteiger partial charge in [0.2, 0.25) is 0 Å². The Hall–Kier alpha value is -1.38. The summed E-state index contributed by atoms with van der Waals surface area (Å²) in [6.07, 6.45) is 3.22. The quantitative estimate of drug-likeness (QED) is 0.483. The fourth-order valence-corrected chi connectivity index (χ4v) is 0.594. The van der Waals surface area contributed by atoms with Gasteiger partial charge in [-0.15, -0.1) is 6.07 Å². The summed E-state index contributed by atoms with van der Waals surface area (Å²) in [5.41, 5.74) is 1.07. The zero-order valence-electron chi connectivity index (χ0n) is 5.59. The molecule has 1 amide bonds. The lowest BCUT2D eigenvalue weighted by molar-refractivity contribution is 0.561. The molecule has 1 aromatic heterocycles. The minimum Gasteiger partial charge on any atom is -0.475 e. The number of hydrogen-bond acceptors (Lipinski definition) is 2. The maximum Gasteiger partial charge on any atom is 0.0703 e. The highest BCUT2D eigenvalue weighted by Gasteiger charge is 1.79. The third kappa shape index (κ3) is 1.55. The Morgan fingerprint density at radius 3 is 2.90 bits per heavy atom. The van der Waals surface area contributed by atoms with Crippen molar-refractivity contribution in [1.29, 1.82) is 0 Å². The topological polar surface area (TPSA) is 42.0 Å². The van der Waals surface area contributed by atoms with Crippen molar-refractivity contribution in [1.82, 2.24) is 4.98 Å². The van der Waals surface area contributed by atoms with Crippen molar-refractivity contribution >= 4 is 12.2 Å². The Morgan fingerprint density at radius 2 is 2.40 bits per heavy atom. The second-order valence-electron chi connectivity index (χ2n) is 1.95. The van der Waals surface area contributed by atoms with Crippen LogP contribution in [0.3, 0.4) is 0 Å². The molecule has 0 saturated carbocycles. The summed E-state index contributed by atoms with van der Waals surface area (Å²) in [5, 5.41) is 2.32. The lowest BCUT2D eigenvalue weighted by Crippen LogP contribution is -1.95. The van der Waals surface area contributed by atoms with Crippen molar-refractivity contribution < 1.29 is 4.79 Å². The summed E-state index contributed by atoms with van der Waals surface area (Å²) >= 11 is 0. The van der Waals surface area contributed by atoms with E-state index in [1.54, 1.807) is 18.7 Å². The minimum atomic E-state index is 0.528. The third-order valence-corrected chi connectivity index (χ3v) is 1.09. The van der Waals surface area contributed by atoms with Crippen LogP contribution >= 0.6 is 0 Å². The van der Waals surface area contributed by atoms with Gasteiger partial charge in [0.25, 0.3) is 0 Å². The Bertz CT molecular complexity index is 218. The van der Waals surface area contributed by atoms with Gasteiger partial charge in [0, 0.05) is 6.20 Å². The van der Waals surface area contributed by atoms with E-state index in [0.29, 0.717) is 5.82 Å². The van der Waals surface area contributed by atoms with Gasteiger partial charge in [-0.1, -0.05) is 6.07 Å². The first kappa shape index (κ1) is 6.74. The molecular weight excluding hydrogens is 128 g/mol. The van der Waals surface area contributed by atoms with Crippen LogP contribution < -0.4 is 5.32 Å². The molecule has 1 aromatic rings. The highest BCUT2D eigenvalue weighted by molar-refractivity contribution is 5.69. The normalized spacial score (nSPS) is 8.90. The van der Waals surface area contributed by atoms with Crippen molar-refractivity contribution in [3.05, 3.63) is 23.9 Å². The van der Waals surface area contributed by atoms with E-state index >= 15 is 0 Å². The Labute approximate surface area is 59.1 Å². The van der Waals surface area contributed by atoms with E-state index in [9.17, 15) is 4.79 Å². The molecule has 0 saturated heterocycles. The van der Waals surface area contributed by atoms with Gasteiger partial charge in [-0.25, -0.2) is 0 Å². The molecule has 1 rings (SSSR count). The van der Waals surface area contributed by atoms with Gasteiger partial charge in [0.15, 0.2) is 0 Å². The Morgan fingerprint density at radius 1 is 1.60 bits per heavy atom. The number of carbonyl (C=O) groups excluding carboxylic acids is 1. The summed E-state index contributed by atoms with van der Waals surface area (Å²) in [7, 11) is 0. The van der Waals surface area contributed by atoms with Gasteiger partial charge in [0.1, 0.15) is 0 Å². The smallest absolute Gasteiger partial charge is 0.0703 e. The molecule has 0 fully saturated rings. The van der Waals surface area contributed by atoms with E-state index in [2.05, 4.69) is 10.3 Å². The van der Waals surface area contributed by atoms with Crippen LogP contribution in [0.5, 0.6) is 0 Å². The molecule has 0 aromatic carbocycles. The monoisotopic (exact) mass is 135 g/mol. The summed E-state index contributed by atoms with van der Waals surface area (Å²) in [6.45, 7) is 1.93.